The molecule has 1 aliphatic heterocycles. The summed E-state index contributed by atoms with van der Waals surface area (Å²) in [6, 6.07) is 6.62. The van der Waals surface area contributed by atoms with Gasteiger partial charge in [-0.3, -0.25) is 0 Å². The second-order valence-corrected chi connectivity index (χ2v) is 6.52. The maximum atomic E-state index is 5.75. The Morgan fingerprint density at radius 1 is 1.48 bits per heavy atom. The van der Waals surface area contributed by atoms with Crippen molar-refractivity contribution in [2.75, 3.05) is 20.3 Å². The number of hydrogen-bond donors (Lipinski definition) is 1. The Kier molecular flexibility index (Phi) is 7.00. The van der Waals surface area contributed by atoms with Crippen LogP contribution in [0.25, 0.3) is 0 Å². The van der Waals surface area contributed by atoms with Crippen molar-refractivity contribution in [3.63, 3.8) is 0 Å². The summed E-state index contributed by atoms with van der Waals surface area (Å²) < 4.78 is 12.4. The van der Waals surface area contributed by atoms with Crippen LogP contribution in [0.5, 0.6) is 5.75 Å². The summed E-state index contributed by atoms with van der Waals surface area (Å²) in [7, 11) is 1.74. The van der Waals surface area contributed by atoms with E-state index in [0.29, 0.717) is 12.1 Å². The van der Waals surface area contributed by atoms with E-state index in [1.54, 1.807) is 7.11 Å². The zero-order chi connectivity index (χ0) is 15.1. The molecule has 1 aromatic rings. The molecule has 2 atom stereocenters. The standard InChI is InChI=1S/C17H26BrNO2/c1-3-10-19-16(9-7-14-5-4-11-21-14)15-8-6-13(18)12-17(15)20-2/h6,8,12,14,16,19H,3-5,7,9-11H2,1-2H3. The summed E-state index contributed by atoms with van der Waals surface area (Å²) in [5.41, 5.74) is 1.24. The van der Waals surface area contributed by atoms with E-state index in [1.807, 2.05) is 6.07 Å². The van der Waals surface area contributed by atoms with Crippen LogP contribution in [-0.2, 0) is 4.74 Å². The molecule has 21 heavy (non-hydrogen) atoms. The van der Waals surface area contributed by atoms with E-state index in [0.717, 1.165) is 42.6 Å². The van der Waals surface area contributed by atoms with E-state index in [2.05, 4.69) is 40.3 Å². The first-order valence-electron chi connectivity index (χ1n) is 7.93. The molecule has 118 valence electrons. The van der Waals surface area contributed by atoms with Gasteiger partial charge in [0.15, 0.2) is 0 Å². The Hall–Kier alpha value is -0.580. The van der Waals surface area contributed by atoms with Crippen LogP contribution in [0.2, 0.25) is 0 Å². The number of halogens is 1. The zero-order valence-corrected chi connectivity index (χ0v) is 14.6. The number of methoxy groups -OCH3 is 1. The van der Waals surface area contributed by atoms with Crippen LogP contribution in [0.3, 0.4) is 0 Å². The molecular formula is C17H26BrNO2. The molecule has 4 heteroatoms. The van der Waals surface area contributed by atoms with Crippen LogP contribution in [-0.4, -0.2) is 26.4 Å². The highest BCUT2D eigenvalue weighted by Crippen LogP contribution is 2.32. The summed E-state index contributed by atoms with van der Waals surface area (Å²) in [5.74, 6) is 0.949. The van der Waals surface area contributed by atoms with Crippen LogP contribution in [0.4, 0.5) is 0 Å². The Labute approximate surface area is 136 Å². The van der Waals surface area contributed by atoms with Gasteiger partial charge in [-0.25, -0.2) is 0 Å². The smallest absolute Gasteiger partial charge is 0.124 e. The highest BCUT2D eigenvalue weighted by molar-refractivity contribution is 9.10. The first-order chi connectivity index (χ1) is 10.2. The number of nitrogens with one attached hydrogen (secondary N) is 1. The topological polar surface area (TPSA) is 30.5 Å². The number of rotatable bonds is 8. The van der Waals surface area contributed by atoms with Crippen LogP contribution in [0.15, 0.2) is 22.7 Å². The normalized spacial score (nSPS) is 19.7. The third-order valence-electron chi connectivity index (χ3n) is 4.01. The van der Waals surface area contributed by atoms with Crippen LogP contribution >= 0.6 is 15.9 Å². The van der Waals surface area contributed by atoms with E-state index >= 15 is 0 Å². The second-order valence-electron chi connectivity index (χ2n) is 5.61. The van der Waals surface area contributed by atoms with Crippen molar-refractivity contribution >= 4 is 15.9 Å². The van der Waals surface area contributed by atoms with Crippen LogP contribution in [0.1, 0.15) is 50.6 Å². The van der Waals surface area contributed by atoms with Gasteiger partial charge in [-0.15, -0.1) is 0 Å². The SMILES string of the molecule is CCCNC(CCC1CCCO1)c1ccc(Br)cc1OC. The molecule has 0 radical (unpaired) electrons. The second kappa shape index (κ2) is 8.76. The molecule has 2 rings (SSSR count). The summed E-state index contributed by atoms with van der Waals surface area (Å²) in [5, 5.41) is 3.65. The fourth-order valence-corrected chi connectivity index (χ4v) is 3.22. The Balaban J connectivity index is 2.06. The van der Waals surface area contributed by atoms with Crippen molar-refractivity contribution < 1.29 is 9.47 Å². The van der Waals surface area contributed by atoms with E-state index in [-0.39, 0.29) is 0 Å². The van der Waals surface area contributed by atoms with Crippen molar-refractivity contribution in [2.45, 2.75) is 51.2 Å². The average molecular weight is 356 g/mol. The lowest BCUT2D eigenvalue weighted by atomic mass is 9.98. The Bertz CT molecular complexity index is 433. The van der Waals surface area contributed by atoms with E-state index < -0.39 is 0 Å². The molecule has 2 unspecified atom stereocenters. The molecule has 0 spiro atoms. The molecule has 1 N–H and O–H groups in total. The molecule has 0 amide bonds. The van der Waals surface area contributed by atoms with Gasteiger partial charge < -0.3 is 14.8 Å². The van der Waals surface area contributed by atoms with Crippen LogP contribution < -0.4 is 10.1 Å². The quantitative estimate of drug-likeness (QED) is 0.746. The van der Waals surface area contributed by atoms with Crippen molar-refractivity contribution in [3.8, 4) is 5.75 Å². The third-order valence-corrected chi connectivity index (χ3v) is 4.51. The molecule has 0 bridgehead atoms. The third kappa shape index (κ3) is 4.97. The summed E-state index contributed by atoms with van der Waals surface area (Å²) in [6.45, 7) is 4.15. The van der Waals surface area contributed by atoms with Gasteiger partial charge in [0.1, 0.15) is 5.75 Å². The first kappa shape index (κ1) is 16.8. The minimum Gasteiger partial charge on any atom is -0.496 e. The lowest BCUT2D eigenvalue weighted by molar-refractivity contribution is 0.0995. The van der Waals surface area contributed by atoms with Gasteiger partial charge in [-0.05, 0) is 50.8 Å². The van der Waals surface area contributed by atoms with Crippen molar-refractivity contribution in [1.82, 2.24) is 5.32 Å². The predicted molar refractivity (Wildman–Crippen MR) is 89.9 cm³/mol. The molecular weight excluding hydrogens is 330 g/mol. The maximum Gasteiger partial charge on any atom is 0.124 e. The largest absolute Gasteiger partial charge is 0.496 e. The van der Waals surface area contributed by atoms with E-state index in [9.17, 15) is 0 Å². The Morgan fingerprint density at radius 3 is 3.00 bits per heavy atom. The maximum absolute atomic E-state index is 5.75. The molecule has 1 heterocycles. The van der Waals surface area contributed by atoms with E-state index in [4.69, 9.17) is 9.47 Å². The van der Waals surface area contributed by atoms with Gasteiger partial charge in [0, 0.05) is 22.7 Å². The highest BCUT2D eigenvalue weighted by atomic mass is 79.9. The van der Waals surface area contributed by atoms with Gasteiger partial charge in [0.25, 0.3) is 0 Å². The van der Waals surface area contributed by atoms with Crippen molar-refractivity contribution in [2.24, 2.45) is 0 Å². The summed E-state index contributed by atoms with van der Waals surface area (Å²) in [6.07, 6.45) is 6.19. The highest BCUT2D eigenvalue weighted by Gasteiger charge is 2.20. The molecule has 1 saturated heterocycles. The van der Waals surface area contributed by atoms with Gasteiger partial charge in [-0.2, -0.15) is 0 Å². The molecule has 3 nitrogen and oxygen atoms in total. The van der Waals surface area contributed by atoms with Gasteiger partial charge in [-0.1, -0.05) is 28.9 Å². The fourth-order valence-electron chi connectivity index (χ4n) is 2.88. The van der Waals surface area contributed by atoms with Crippen molar-refractivity contribution in [1.29, 1.82) is 0 Å². The molecule has 1 aliphatic rings. The minimum absolute atomic E-state index is 0.331. The summed E-state index contributed by atoms with van der Waals surface area (Å²) >= 11 is 3.51. The monoisotopic (exact) mass is 355 g/mol. The minimum atomic E-state index is 0.331. The van der Waals surface area contributed by atoms with Gasteiger partial charge in [0.2, 0.25) is 0 Å². The molecule has 0 saturated carbocycles. The lowest BCUT2D eigenvalue weighted by Gasteiger charge is -2.23. The Morgan fingerprint density at radius 2 is 2.33 bits per heavy atom. The van der Waals surface area contributed by atoms with E-state index in [1.165, 1.54) is 18.4 Å². The lowest BCUT2D eigenvalue weighted by Crippen LogP contribution is -2.24. The van der Waals surface area contributed by atoms with Crippen LogP contribution in [0, 0.1) is 0 Å². The number of ether oxygens (including phenoxy) is 2. The number of benzene rings is 1. The first-order valence-corrected chi connectivity index (χ1v) is 8.72. The molecule has 1 fully saturated rings. The molecule has 0 aliphatic carbocycles. The number of hydrogen-bond acceptors (Lipinski definition) is 3. The predicted octanol–water partition coefficient (Wildman–Crippen LogP) is 4.46. The molecule has 1 aromatic carbocycles. The zero-order valence-electron chi connectivity index (χ0n) is 13.0. The van der Waals surface area contributed by atoms with Gasteiger partial charge >= 0.3 is 0 Å². The van der Waals surface area contributed by atoms with Crippen molar-refractivity contribution in [3.05, 3.63) is 28.2 Å². The fraction of sp³-hybridized carbons (Fsp3) is 0.647. The summed E-state index contributed by atoms with van der Waals surface area (Å²) in [4.78, 5) is 0. The average Bonchev–Trinajstić information content (AvgIpc) is 3.01. The van der Waals surface area contributed by atoms with Gasteiger partial charge in [0.05, 0.1) is 13.2 Å². The molecule has 0 aromatic heterocycles.